The van der Waals surface area contributed by atoms with Crippen LogP contribution in [0.15, 0.2) is 42.5 Å². The summed E-state index contributed by atoms with van der Waals surface area (Å²) in [6, 6.07) is 14.2. The first-order valence-corrected chi connectivity index (χ1v) is 7.27. The van der Waals surface area contributed by atoms with Crippen molar-refractivity contribution < 1.29 is 9.53 Å². The number of ether oxygens (including phenoxy) is 1. The van der Waals surface area contributed by atoms with E-state index in [1.54, 1.807) is 0 Å². The van der Waals surface area contributed by atoms with E-state index in [2.05, 4.69) is 19.1 Å². The molecule has 21 heavy (non-hydrogen) atoms. The molecular formula is C18H17NO2. The van der Waals surface area contributed by atoms with Gasteiger partial charge in [0.25, 0.3) is 0 Å². The van der Waals surface area contributed by atoms with Crippen LogP contribution in [0.1, 0.15) is 28.5 Å². The summed E-state index contributed by atoms with van der Waals surface area (Å²) in [5.74, 6) is 1.91. The Morgan fingerprint density at radius 3 is 2.71 bits per heavy atom. The largest absolute Gasteiger partial charge is 0.457 e. The van der Waals surface area contributed by atoms with Crippen LogP contribution in [-0.2, 0) is 4.79 Å². The molecule has 0 spiro atoms. The van der Waals surface area contributed by atoms with E-state index in [0.29, 0.717) is 0 Å². The smallest absolute Gasteiger partial charge is 0.230 e. The van der Waals surface area contributed by atoms with Gasteiger partial charge in [-0.2, -0.15) is 0 Å². The number of fused-ring (bicyclic) bond motifs is 5. The molecule has 0 bridgehead atoms. The first kappa shape index (κ1) is 12.5. The Hall–Kier alpha value is -2.29. The van der Waals surface area contributed by atoms with Gasteiger partial charge < -0.3 is 9.64 Å². The summed E-state index contributed by atoms with van der Waals surface area (Å²) in [7, 11) is 1.88. The van der Waals surface area contributed by atoms with E-state index >= 15 is 0 Å². The molecule has 2 atom stereocenters. The quantitative estimate of drug-likeness (QED) is 0.739. The number of para-hydroxylation sites is 1. The van der Waals surface area contributed by atoms with Gasteiger partial charge in [0.05, 0.1) is 5.92 Å². The van der Waals surface area contributed by atoms with Crippen LogP contribution in [0.5, 0.6) is 11.5 Å². The molecule has 3 heteroatoms. The summed E-state index contributed by atoms with van der Waals surface area (Å²) in [5.41, 5.74) is 3.31. The highest BCUT2D eigenvalue weighted by atomic mass is 16.5. The standard InChI is InChI=1S/C18H17NO2/c1-11-7-8-16-13(9-11)17-14(10-19(2)18(17)20)12-5-3-4-6-15(12)21-16/h3-9,14,17H,10H2,1-2H3/t14?,17-/m1/s1. The monoisotopic (exact) mass is 279 g/mol. The van der Waals surface area contributed by atoms with Crippen molar-refractivity contribution in [2.24, 2.45) is 0 Å². The Kier molecular flexibility index (Phi) is 2.58. The number of likely N-dealkylation sites (tertiary alicyclic amines) is 1. The number of amides is 1. The third-order valence-electron chi connectivity index (χ3n) is 4.55. The van der Waals surface area contributed by atoms with E-state index < -0.39 is 0 Å². The summed E-state index contributed by atoms with van der Waals surface area (Å²) >= 11 is 0. The predicted molar refractivity (Wildman–Crippen MR) is 80.8 cm³/mol. The molecule has 106 valence electrons. The molecule has 3 nitrogen and oxygen atoms in total. The number of nitrogens with zero attached hydrogens (tertiary/aromatic N) is 1. The summed E-state index contributed by atoms with van der Waals surface area (Å²) in [6.07, 6.45) is 0. The lowest BCUT2D eigenvalue weighted by Gasteiger charge is -2.15. The molecule has 0 saturated carbocycles. The lowest BCUT2D eigenvalue weighted by Crippen LogP contribution is -2.21. The molecule has 1 amide bonds. The van der Waals surface area contributed by atoms with Crippen LogP contribution in [0, 0.1) is 6.92 Å². The van der Waals surface area contributed by atoms with Crippen LogP contribution in [0.2, 0.25) is 0 Å². The van der Waals surface area contributed by atoms with Gasteiger partial charge in [-0.15, -0.1) is 0 Å². The highest BCUT2D eigenvalue weighted by molar-refractivity contribution is 5.89. The van der Waals surface area contributed by atoms with Gasteiger partial charge in [0.1, 0.15) is 11.5 Å². The molecular weight excluding hydrogens is 262 g/mol. The average molecular weight is 279 g/mol. The molecule has 2 aliphatic heterocycles. The van der Waals surface area contributed by atoms with Crippen molar-refractivity contribution in [1.29, 1.82) is 0 Å². The van der Waals surface area contributed by atoms with E-state index in [4.69, 9.17) is 4.74 Å². The average Bonchev–Trinajstić information content (AvgIpc) is 2.70. The Labute approximate surface area is 124 Å². The van der Waals surface area contributed by atoms with E-state index in [1.807, 2.05) is 42.3 Å². The van der Waals surface area contributed by atoms with Crippen LogP contribution in [0.4, 0.5) is 0 Å². The van der Waals surface area contributed by atoms with E-state index in [-0.39, 0.29) is 17.7 Å². The molecule has 0 radical (unpaired) electrons. The number of aryl methyl sites for hydroxylation is 1. The number of rotatable bonds is 0. The van der Waals surface area contributed by atoms with Crippen LogP contribution < -0.4 is 4.74 Å². The van der Waals surface area contributed by atoms with Crippen molar-refractivity contribution >= 4 is 5.91 Å². The van der Waals surface area contributed by atoms with Gasteiger partial charge in [-0.25, -0.2) is 0 Å². The second-order valence-electron chi connectivity index (χ2n) is 5.98. The zero-order valence-electron chi connectivity index (χ0n) is 12.2. The number of carbonyl (C=O) groups is 1. The van der Waals surface area contributed by atoms with E-state index in [1.165, 1.54) is 0 Å². The van der Waals surface area contributed by atoms with Gasteiger partial charge in [0.15, 0.2) is 0 Å². The fourth-order valence-electron chi connectivity index (χ4n) is 3.53. The maximum atomic E-state index is 12.6. The maximum Gasteiger partial charge on any atom is 0.230 e. The second kappa shape index (κ2) is 4.35. The van der Waals surface area contributed by atoms with Crippen LogP contribution in [0.25, 0.3) is 0 Å². The minimum absolute atomic E-state index is 0.131. The molecule has 4 rings (SSSR count). The van der Waals surface area contributed by atoms with Gasteiger partial charge in [0.2, 0.25) is 5.91 Å². The summed E-state index contributed by atoms with van der Waals surface area (Å²) in [4.78, 5) is 14.5. The molecule has 2 aromatic rings. The van der Waals surface area contributed by atoms with Gasteiger partial charge in [-0.1, -0.05) is 35.9 Å². The number of carbonyl (C=O) groups excluding carboxylic acids is 1. The molecule has 2 aromatic carbocycles. The van der Waals surface area contributed by atoms with E-state index in [0.717, 1.165) is 34.7 Å². The van der Waals surface area contributed by atoms with Crippen molar-refractivity contribution in [2.45, 2.75) is 18.8 Å². The molecule has 0 N–H and O–H groups in total. The lowest BCUT2D eigenvalue weighted by atomic mass is 9.83. The third kappa shape index (κ3) is 1.77. The summed E-state index contributed by atoms with van der Waals surface area (Å²) in [5, 5.41) is 0. The van der Waals surface area contributed by atoms with Crippen LogP contribution >= 0.6 is 0 Å². The number of hydrogen-bond donors (Lipinski definition) is 0. The van der Waals surface area contributed by atoms with Crippen LogP contribution in [-0.4, -0.2) is 24.4 Å². The van der Waals surface area contributed by atoms with Gasteiger partial charge in [-0.3, -0.25) is 4.79 Å². The zero-order valence-corrected chi connectivity index (χ0v) is 12.2. The lowest BCUT2D eigenvalue weighted by molar-refractivity contribution is -0.127. The van der Waals surface area contributed by atoms with Crippen molar-refractivity contribution in [3.63, 3.8) is 0 Å². The van der Waals surface area contributed by atoms with Crippen molar-refractivity contribution in [3.8, 4) is 11.5 Å². The molecule has 2 heterocycles. The highest BCUT2D eigenvalue weighted by Crippen LogP contribution is 2.49. The van der Waals surface area contributed by atoms with Crippen molar-refractivity contribution in [2.75, 3.05) is 13.6 Å². The minimum atomic E-state index is -0.131. The van der Waals surface area contributed by atoms with E-state index in [9.17, 15) is 4.79 Å². The topological polar surface area (TPSA) is 29.5 Å². The fraction of sp³-hybridized carbons (Fsp3) is 0.278. The normalized spacial score (nSPS) is 23.0. The Balaban J connectivity index is 1.98. The maximum absolute atomic E-state index is 12.6. The summed E-state index contributed by atoms with van der Waals surface area (Å²) < 4.78 is 6.11. The highest BCUT2D eigenvalue weighted by Gasteiger charge is 2.44. The molecule has 0 aromatic heterocycles. The molecule has 2 aliphatic rings. The second-order valence-corrected chi connectivity index (χ2v) is 5.98. The number of likely N-dealkylation sites (N-methyl/N-ethyl adjacent to an activating group) is 1. The first-order chi connectivity index (χ1) is 10.1. The summed E-state index contributed by atoms with van der Waals surface area (Å²) in [6.45, 7) is 2.80. The minimum Gasteiger partial charge on any atom is -0.457 e. The predicted octanol–water partition coefficient (Wildman–Crippen LogP) is 3.44. The number of benzene rings is 2. The van der Waals surface area contributed by atoms with Gasteiger partial charge in [0, 0.05) is 30.6 Å². The molecule has 1 saturated heterocycles. The Morgan fingerprint density at radius 2 is 1.86 bits per heavy atom. The fourth-order valence-corrected chi connectivity index (χ4v) is 3.53. The number of hydrogen-bond acceptors (Lipinski definition) is 2. The van der Waals surface area contributed by atoms with Crippen molar-refractivity contribution in [3.05, 3.63) is 59.2 Å². The first-order valence-electron chi connectivity index (χ1n) is 7.27. The molecule has 0 aliphatic carbocycles. The SMILES string of the molecule is Cc1ccc2c(c1)[C@H]1C(=O)N(C)CC1c1ccccc1O2. The molecule has 1 unspecified atom stereocenters. The van der Waals surface area contributed by atoms with Crippen molar-refractivity contribution in [1.82, 2.24) is 4.90 Å². The van der Waals surface area contributed by atoms with Crippen LogP contribution in [0.3, 0.4) is 0 Å². The van der Waals surface area contributed by atoms with Gasteiger partial charge >= 0.3 is 0 Å². The van der Waals surface area contributed by atoms with Gasteiger partial charge in [-0.05, 0) is 19.1 Å². The Morgan fingerprint density at radius 1 is 1.10 bits per heavy atom. The Bertz CT molecular complexity index is 738. The third-order valence-corrected chi connectivity index (χ3v) is 4.55. The molecule has 1 fully saturated rings. The zero-order chi connectivity index (χ0) is 14.6.